The molecule has 0 spiro atoms. The van der Waals surface area contributed by atoms with Crippen LogP contribution in [0.2, 0.25) is 0 Å². The topological polar surface area (TPSA) is 45.3 Å². The number of benzene rings is 2. The molecule has 0 radical (unpaired) electrons. The number of hydrogen-bond acceptors (Lipinski definition) is 5. The van der Waals surface area contributed by atoms with Crippen LogP contribution < -0.4 is 9.47 Å². The molecular formula is C25H33N3O3. The summed E-state index contributed by atoms with van der Waals surface area (Å²) in [5.74, 6) is 2.10. The zero-order valence-electron chi connectivity index (χ0n) is 18.7. The number of nitrogens with zero attached hydrogens (tertiary/aromatic N) is 3. The van der Waals surface area contributed by atoms with Crippen LogP contribution in [-0.2, 0) is 24.4 Å². The number of piperazine rings is 1. The Morgan fingerprint density at radius 1 is 0.968 bits per heavy atom. The average Bonchev–Trinajstić information content (AvgIpc) is 2.96. The Labute approximate surface area is 185 Å². The second kappa shape index (κ2) is 10.2. The highest BCUT2D eigenvalue weighted by Crippen LogP contribution is 2.26. The van der Waals surface area contributed by atoms with Crippen LogP contribution in [0.5, 0.6) is 11.5 Å². The number of fused-ring (bicyclic) bond motifs is 1. The Hall–Kier alpha value is -2.57. The van der Waals surface area contributed by atoms with Crippen molar-refractivity contribution in [3.05, 3.63) is 59.2 Å². The predicted molar refractivity (Wildman–Crippen MR) is 121 cm³/mol. The minimum atomic E-state index is 0.175. The fourth-order valence-corrected chi connectivity index (χ4v) is 4.37. The summed E-state index contributed by atoms with van der Waals surface area (Å²) in [6.07, 6.45) is 0. The van der Waals surface area contributed by atoms with Gasteiger partial charge < -0.3 is 14.4 Å². The van der Waals surface area contributed by atoms with Crippen molar-refractivity contribution in [2.45, 2.75) is 33.5 Å². The van der Waals surface area contributed by atoms with E-state index in [-0.39, 0.29) is 5.91 Å². The Balaban J connectivity index is 1.40. The molecule has 0 aromatic heterocycles. The molecule has 0 bridgehead atoms. The summed E-state index contributed by atoms with van der Waals surface area (Å²) in [5, 5.41) is 0. The van der Waals surface area contributed by atoms with Gasteiger partial charge in [0, 0.05) is 64.8 Å². The van der Waals surface area contributed by atoms with E-state index in [4.69, 9.17) is 9.47 Å². The lowest BCUT2D eigenvalue weighted by atomic mass is 10.1. The summed E-state index contributed by atoms with van der Waals surface area (Å²) in [5.41, 5.74) is 3.81. The maximum atomic E-state index is 11.6. The van der Waals surface area contributed by atoms with E-state index in [1.54, 1.807) is 6.92 Å². The van der Waals surface area contributed by atoms with Gasteiger partial charge in [0.2, 0.25) is 5.91 Å². The van der Waals surface area contributed by atoms with Gasteiger partial charge in [0.15, 0.2) is 0 Å². The monoisotopic (exact) mass is 423 g/mol. The van der Waals surface area contributed by atoms with Gasteiger partial charge in [-0.1, -0.05) is 18.2 Å². The van der Waals surface area contributed by atoms with Gasteiger partial charge in [-0.2, -0.15) is 0 Å². The Bertz CT molecular complexity index is 893. The van der Waals surface area contributed by atoms with Gasteiger partial charge in [0.25, 0.3) is 0 Å². The van der Waals surface area contributed by atoms with Crippen LogP contribution in [0.1, 0.15) is 30.5 Å². The van der Waals surface area contributed by atoms with E-state index in [0.717, 1.165) is 63.9 Å². The van der Waals surface area contributed by atoms with Gasteiger partial charge in [-0.3, -0.25) is 14.6 Å². The molecule has 2 heterocycles. The first-order chi connectivity index (χ1) is 15.1. The lowest BCUT2D eigenvalue weighted by molar-refractivity contribution is -0.130. The molecule has 1 saturated heterocycles. The molecule has 166 valence electrons. The average molecular weight is 424 g/mol. The summed E-state index contributed by atoms with van der Waals surface area (Å²) in [6, 6.07) is 15.0. The van der Waals surface area contributed by atoms with E-state index < -0.39 is 0 Å². The number of hydrogen-bond donors (Lipinski definition) is 0. The van der Waals surface area contributed by atoms with Crippen molar-refractivity contribution in [2.24, 2.45) is 0 Å². The number of amides is 1. The van der Waals surface area contributed by atoms with E-state index in [1.165, 1.54) is 16.7 Å². The first-order valence-electron chi connectivity index (χ1n) is 11.3. The summed E-state index contributed by atoms with van der Waals surface area (Å²) in [6.45, 7) is 12.1. The fourth-order valence-electron chi connectivity index (χ4n) is 4.37. The third kappa shape index (κ3) is 5.77. The van der Waals surface area contributed by atoms with Gasteiger partial charge in [-0.05, 0) is 42.3 Å². The molecule has 2 aliphatic heterocycles. The number of carbonyl (C=O) groups is 1. The van der Waals surface area contributed by atoms with Crippen LogP contribution in [-0.4, -0.2) is 66.5 Å². The number of rotatable bonds is 6. The van der Waals surface area contributed by atoms with Crippen LogP contribution in [0.15, 0.2) is 42.5 Å². The fraction of sp³-hybridized carbons (Fsp3) is 0.480. The number of carbonyl (C=O) groups excluding carboxylic acids is 1. The molecule has 0 atom stereocenters. The summed E-state index contributed by atoms with van der Waals surface area (Å²) in [7, 11) is 0. The molecular weight excluding hydrogens is 390 g/mol. The molecule has 2 aliphatic rings. The van der Waals surface area contributed by atoms with Gasteiger partial charge in [-0.15, -0.1) is 0 Å². The van der Waals surface area contributed by atoms with E-state index in [0.29, 0.717) is 13.2 Å². The molecule has 0 unspecified atom stereocenters. The molecule has 4 rings (SSSR count). The van der Waals surface area contributed by atoms with Crippen LogP contribution >= 0.6 is 0 Å². The normalized spacial score (nSPS) is 17.5. The van der Waals surface area contributed by atoms with Crippen LogP contribution in [0.3, 0.4) is 0 Å². The van der Waals surface area contributed by atoms with Crippen LogP contribution in [0.4, 0.5) is 0 Å². The third-order valence-electron chi connectivity index (χ3n) is 6.02. The summed E-state index contributed by atoms with van der Waals surface area (Å²) >= 11 is 0. The molecule has 1 amide bonds. The smallest absolute Gasteiger partial charge is 0.219 e. The Morgan fingerprint density at radius 2 is 1.74 bits per heavy atom. The van der Waals surface area contributed by atoms with Gasteiger partial charge in [-0.25, -0.2) is 0 Å². The van der Waals surface area contributed by atoms with E-state index in [9.17, 15) is 4.79 Å². The molecule has 0 aliphatic carbocycles. The molecule has 1 fully saturated rings. The van der Waals surface area contributed by atoms with Gasteiger partial charge >= 0.3 is 0 Å². The van der Waals surface area contributed by atoms with E-state index in [2.05, 4.69) is 46.2 Å². The summed E-state index contributed by atoms with van der Waals surface area (Å²) < 4.78 is 11.7. The lowest BCUT2D eigenvalue weighted by Gasteiger charge is -2.34. The highest BCUT2D eigenvalue weighted by Gasteiger charge is 2.20. The highest BCUT2D eigenvalue weighted by molar-refractivity contribution is 5.73. The van der Waals surface area contributed by atoms with Gasteiger partial charge in [0.05, 0.1) is 6.61 Å². The molecule has 6 nitrogen and oxygen atoms in total. The Kier molecular flexibility index (Phi) is 7.10. The van der Waals surface area contributed by atoms with Crippen molar-refractivity contribution in [3.8, 4) is 11.5 Å². The van der Waals surface area contributed by atoms with Crippen molar-refractivity contribution in [3.63, 3.8) is 0 Å². The molecule has 2 aromatic rings. The minimum absolute atomic E-state index is 0.175. The van der Waals surface area contributed by atoms with Crippen molar-refractivity contribution < 1.29 is 14.3 Å². The SMILES string of the molecule is CCOc1cccc(CN2CCOc3ccc(CN4CCN(C(C)=O)CC4)cc3C2)c1. The van der Waals surface area contributed by atoms with Crippen molar-refractivity contribution in [1.29, 1.82) is 0 Å². The number of ether oxygens (including phenoxy) is 2. The zero-order chi connectivity index (χ0) is 21.6. The molecule has 0 N–H and O–H groups in total. The van der Waals surface area contributed by atoms with Crippen LogP contribution in [0, 0.1) is 0 Å². The standard InChI is InChI=1S/C25H33N3O3/c1-3-30-24-6-4-5-21(16-24)18-27-13-14-31-25-8-7-22(15-23(25)19-27)17-26-9-11-28(12-10-26)20(2)29/h4-8,15-16H,3,9-14,17-19H2,1-2H3. The third-order valence-corrected chi connectivity index (χ3v) is 6.02. The maximum absolute atomic E-state index is 11.6. The molecule has 2 aromatic carbocycles. The summed E-state index contributed by atoms with van der Waals surface area (Å²) in [4.78, 5) is 18.3. The van der Waals surface area contributed by atoms with E-state index in [1.807, 2.05) is 17.9 Å². The first kappa shape index (κ1) is 21.7. The van der Waals surface area contributed by atoms with Crippen molar-refractivity contribution in [1.82, 2.24) is 14.7 Å². The van der Waals surface area contributed by atoms with Gasteiger partial charge in [0.1, 0.15) is 18.1 Å². The highest BCUT2D eigenvalue weighted by atomic mass is 16.5. The lowest BCUT2D eigenvalue weighted by Crippen LogP contribution is -2.47. The zero-order valence-corrected chi connectivity index (χ0v) is 18.7. The Morgan fingerprint density at radius 3 is 2.52 bits per heavy atom. The maximum Gasteiger partial charge on any atom is 0.219 e. The second-order valence-corrected chi connectivity index (χ2v) is 8.36. The minimum Gasteiger partial charge on any atom is -0.494 e. The van der Waals surface area contributed by atoms with Crippen molar-refractivity contribution in [2.75, 3.05) is 45.9 Å². The van der Waals surface area contributed by atoms with Crippen molar-refractivity contribution >= 4 is 5.91 Å². The van der Waals surface area contributed by atoms with Crippen LogP contribution in [0.25, 0.3) is 0 Å². The van der Waals surface area contributed by atoms with E-state index >= 15 is 0 Å². The molecule has 31 heavy (non-hydrogen) atoms. The molecule has 0 saturated carbocycles. The first-order valence-corrected chi connectivity index (χ1v) is 11.3. The quantitative estimate of drug-likeness (QED) is 0.714. The molecule has 6 heteroatoms. The predicted octanol–water partition coefficient (Wildman–Crippen LogP) is 3.14. The largest absolute Gasteiger partial charge is 0.494 e. The second-order valence-electron chi connectivity index (χ2n) is 8.36.